The molecule has 0 spiro atoms. The van der Waals surface area contributed by atoms with Crippen LogP contribution in [0.25, 0.3) is 0 Å². The average Bonchev–Trinajstić information content (AvgIpc) is 2.61. The lowest BCUT2D eigenvalue weighted by molar-refractivity contribution is 0.103. The van der Waals surface area contributed by atoms with Crippen molar-refractivity contribution in [1.82, 2.24) is 0 Å². The van der Waals surface area contributed by atoms with E-state index in [2.05, 4.69) is 0 Å². The van der Waals surface area contributed by atoms with Gasteiger partial charge in [0, 0.05) is 16.1 Å². The molecule has 2 rings (SSSR count). The molecule has 0 aliphatic carbocycles. The van der Waals surface area contributed by atoms with Gasteiger partial charge in [-0.2, -0.15) is 8.42 Å². The summed E-state index contributed by atoms with van der Waals surface area (Å²) in [6.07, 6.45) is 1.02. The van der Waals surface area contributed by atoms with Gasteiger partial charge in [-0.15, -0.1) is 0 Å². The lowest BCUT2D eigenvalue weighted by atomic mass is 9.99. The molecule has 28 heavy (non-hydrogen) atoms. The van der Waals surface area contributed by atoms with E-state index in [0.29, 0.717) is 34.0 Å². The highest BCUT2D eigenvalue weighted by atomic mass is 35.5. The topological polar surface area (TPSA) is 60.4 Å². The molecule has 0 amide bonds. The van der Waals surface area contributed by atoms with Crippen LogP contribution in [0, 0.1) is 5.41 Å². The van der Waals surface area contributed by atoms with Crippen molar-refractivity contribution >= 4 is 39.1 Å². The molecule has 0 N–H and O–H groups in total. The molecule has 0 aromatic heterocycles. The summed E-state index contributed by atoms with van der Waals surface area (Å²) in [5, 5.41) is 0.790. The number of carbonyl (C=O) groups excluding carboxylic acids is 1. The van der Waals surface area contributed by atoms with Crippen LogP contribution in [0.15, 0.2) is 42.5 Å². The van der Waals surface area contributed by atoms with Crippen molar-refractivity contribution in [3.05, 3.63) is 69.2 Å². The Morgan fingerprint density at radius 3 is 2.29 bits per heavy atom. The van der Waals surface area contributed by atoms with E-state index in [-0.39, 0.29) is 23.6 Å². The number of carbonyl (C=O) groups is 1. The fraction of sp³-hybridized carbons (Fsp3) is 0.381. The van der Waals surface area contributed by atoms with Crippen molar-refractivity contribution in [2.45, 2.75) is 33.6 Å². The molecular weight excluding hydrogens is 419 g/mol. The van der Waals surface area contributed by atoms with Crippen LogP contribution in [-0.2, 0) is 20.7 Å². The van der Waals surface area contributed by atoms with E-state index in [1.807, 2.05) is 32.9 Å². The van der Waals surface area contributed by atoms with E-state index in [1.165, 1.54) is 0 Å². The molecule has 2 aromatic carbocycles. The number of halogens is 2. The Morgan fingerprint density at radius 2 is 1.68 bits per heavy atom. The summed E-state index contributed by atoms with van der Waals surface area (Å²) in [6.45, 7) is 5.92. The number of hydrogen-bond donors (Lipinski definition) is 0. The summed E-state index contributed by atoms with van der Waals surface area (Å²) < 4.78 is 28.9. The maximum atomic E-state index is 12.6. The first-order valence-corrected chi connectivity index (χ1v) is 11.3. The van der Waals surface area contributed by atoms with E-state index < -0.39 is 10.1 Å². The van der Waals surface area contributed by atoms with E-state index in [9.17, 15) is 13.2 Å². The lowest BCUT2D eigenvalue weighted by Gasteiger charge is -2.17. The SMILES string of the molecule is CC(C)(C)COS(=O)(=O)CCCc1ccc(C(=O)c2cc(Cl)ccc2Cl)cc1. The second kappa shape index (κ2) is 9.40. The average molecular weight is 443 g/mol. The summed E-state index contributed by atoms with van der Waals surface area (Å²) in [7, 11) is -3.53. The maximum absolute atomic E-state index is 12.6. The highest BCUT2D eigenvalue weighted by Gasteiger charge is 2.18. The quantitative estimate of drug-likeness (QED) is 0.397. The van der Waals surface area contributed by atoms with Crippen LogP contribution in [0.1, 0.15) is 48.7 Å². The smallest absolute Gasteiger partial charge is 0.267 e. The van der Waals surface area contributed by atoms with Crippen LogP contribution in [-0.4, -0.2) is 26.6 Å². The standard InChI is InChI=1S/C21H24Cl2O4S/c1-21(2,3)14-27-28(25,26)12-4-5-15-6-8-16(9-7-15)20(24)18-13-17(22)10-11-19(18)23/h6-11,13H,4-5,12,14H2,1-3H3. The Hall–Kier alpha value is -1.40. The highest BCUT2D eigenvalue weighted by molar-refractivity contribution is 7.86. The molecule has 0 unspecified atom stereocenters. The van der Waals surface area contributed by atoms with Gasteiger partial charge in [0.25, 0.3) is 10.1 Å². The fourth-order valence-corrected chi connectivity index (χ4v) is 3.95. The van der Waals surface area contributed by atoms with Crippen LogP contribution in [0.5, 0.6) is 0 Å². The van der Waals surface area contributed by atoms with Gasteiger partial charge in [-0.1, -0.05) is 68.2 Å². The number of hydrogen-bond acceptors (Lipinski definition) is 4. The van der Waals surface area contributed by atoms with Crippen molar-refractivity contribution in [2.24, 2.45) is 5.41 Å². The van der Waals surface area contributed by atoms with Crippen molar-refractivity contribution in [2.75, 3.05) is 12.4 Å². The molecule has 152 valence electrons. The molecule has 0 aliphatic heterocycles. The van der Waals surface area contributed by atoms with Gasteiger partial charge in [-0.3, -0.25) is 8.98 Å². The van der Waals surface area contributed by atoms with Crippen LogP contribution >= 0.6 is 23.2 Å². The number of aryl methyl sites for hydroxylation is 1. The van der Waals surface area contributed by atoms with E-state index in [4.69, 9.17) is 27.4 Å². The zero-order valence-electron chi connectivity index (χ0n) is 16.2. The Labute approximate surface area is 176 Å². The second-order valence-electron chi connectivity index (χ2n) is 7.84. The van der Waals surface area contributed by atoms with Crippen molar-refractivity contribution < 1.29 is 17.4 Å². The van der Waals surface area contributed by atoms with Gasteiger partial charge >= 0.3 is 0 Å². The minimum atomic E-state index is -3.53. The summed E-state index contributed by atoms with van der Waals surface area (Å²) >= 11 is 12.0. The monoisotopic (exact) mass is 442 g/mol. The fourth-order valence-electron chi connectivity index (χ4n) is 2.43. The van der Waals surface area contributed by atoms with Crippen LogP contribution in [0.3, 0.4) is 0 Å². The minimum absolute atomic E-state index is 0.0398. The predicted molar refractivity (Wildman–Crippen MR) is 114 cm³/mol. The van der Waals surface area contributed by atoms with Gasteiger partial charge in [0.15, 0.2) is 5.78 Å². The molecule has 0 radical (unpaired) electrons. The Balaban J connectivity index is 1.94. The molecule has 4 nitrogen and oxygen atoms in total. The Bertz CT molecular complexity index is 930. The van der Waals surface area contributed by atoms with E-state index in [1.54, 1.807) is 30.3 Å². The number of benzene rings is 2. The first-order valence-electron chi connectivity index (χ1n) is 8.93. The third-order valence-corrected chi connectivity index (χ3v) is 5.75. The summed E-state index contributed by atoms with van der Waals surface area (Å²) in [6, 6.07) is 11.8. The van der Waals surface area contributed by atoms with Crippen molar-refractivity contribution in [3.63, 3.8) is 0 Å². The van der Waals surface area contributed by atoms with E-state index >= 15 is 0 Å². The largest absolute Gasteiger partial charge is 0.289 e. The van der Waals surface area contributed by atoms with Crippen molar-refractivity contribution in [1.29, 1.82) is 0 Å². The number of rotatable bonds is 8. The highest BCUT2D eigenvalue weighted by Crippen LogP contribution is 2.24. The third kappa shape index (κ3) is 7.21. The molecule has 0 aliphatic rings. The summed E-state index contributed by atoms with van der Waals surface area (Å²) in [5.74, 6) is -0.251. The molecule has 2 aromatic rings. The van der Waals surface area contributed by atoms with Crippen LogP contribution in [0.2, 0.25) is 10.0 Å². The normalized spacial score (nSPS) is 12.2. The molecule has 0 fully saturated rings. The van der Waals surface area contributed by atoms with Gasteiger partial charge in [-0.25, -0.2) is 0 Å². The minimum Gasteiger partial charge on any atom is -0.289 e. The zero-order valence-corrected chi connectivity index (χ0v) is 18.5. The third-order valence-electron chi connectivity index (χ3n) is 3.92. The summed E-state index contributed by atoms with van der Waals surface area (Å²) in [5.41, 5.74) is 1.58. The molecule has 0 heterocycles. The van der Waals surface area contributed by atoms with Gasteiger partial charge in [0.05, 0.1) is 17.4 Å². The molecular formula is C21H24Cl2O4S. The zero-order chi connectivity index (χ0) is 20.9. The first kappa shape index (κ1) is 22.9. The van der Waals surface area contributed by atoms with Gasteiger partial charge in [0.1, 0.15) is 0 Å². The summed E-state index contributed by atoms with van der Waals surface area (Å²) in [4.78, 5) is 12.6. The lowest BCUT2D eigenvalue weighted by Crippen LogP contribution is -2.20. The van der Waals surface area contributed by atoms with Gasteiger partial charge in [-0.05, 0) is 42.0 Å². The molecule has 0 bridgehead atoms. The van der Waals surface area contributed by atoms with Gasteiger partial charge in [0.2, 0.25) is 0 Å². The molecule has 0 saturated carbocycles. The molecule has 7 heteroatoms. The van der Waals surface area contributed by atoms with Crippen molar-refractivity contribution in [3.8, 4) is 0 Å². The number of ketones is 1. The maximum Gasteiger partial charge on any atom is 0.267 e. The first-order chi connectivity index (χ1) is 13.0. The second-order valence-corrected chi connectivity index (χ2v) is 10.4. The van der Waals surface area contributed by atoms with E-state index in [0.717, 1.165) is 5.56 Å². The van der Waals surface area contributed by atoms with Crippen LogP contribution in [0.4, 0.5) is 0 Å². The Kier molecular flexibility index (Phi) is 7.68. The van der Waals surface area contributed by atoms with Crippen LogP contribution < -0.4 is 0 Å². The molecule has 0 atom stereocenters. The Morgan fingerprint density at radius 1 is 1.04 bits per heavy atom. The molecule has 0 saturated heterocycles. The van der Waals surface area contributed by atoms with Gasteiger partial charge < -0.3 is 0 Å². The predicted octanol–water partition coefficient (Wildman–Crippen LogP) is 5.55.